The summed E-state index contributed by atoms with van der Waals surface area (Å²) in [4.78, 5) is 11.4. The molecule has 0 bridgehead atoms. The molecule has 1 aliphatic carbocycles. The summed E-state index contributed by atoms with van der Waals surface area (Å²) >= 11 is 0. The van der Waals surface area contributed by atoms with Gasteiger partial charge in [-0.1, -0.05) is 0 Å². The van der Waals surface area contributed by atoms with Crippen molar-refractivity contribution in [3.05, 3.63) is 18.0 Å². The van der Waals surface area contributed by atoms with Gasteiger partial charge in [-0.3, -0.25) is 4.68 Å². The Hall–Kier alpha value is -1.46. The van der Waals surface area contributed by atoms with E-state index in [1.807, 2.05) is 0 Å². The van der Waals surface area contributed by atoms with Crippen LogP contribution in [0.25, 0.3) is 0 Å². The Morgan fingerprint density at radius 2 is 2.22 bits per heavy atom. The van der Waals surface area contributed by atoms with Crippen LogP contribution in [0, 0.1) is 0 Å². The molecule has 0 N–H and O–H groups in total. The third-order valence-electron chi connectivity index (χ3n) is 3.17. The van der Waals surface area contributed by atoms with Crippen molar-refractivity contribution >= 4 is 5.97 Å². The Morgan fingerprint density at radius 1 is 1.56 bits per heavy atom. The number of hydrogen-bond acceptors (Lipinski definition) is 3. The molecule has 6 heteroatoms. The fourth-order valence-electron chi connectivity index (χ4n) is 2.15. The molecule has 1 fully saturated rings. The molecule has 2 rings (SSSR count). The first-order valence-corrected chi connectivity index (χ1v) is 6.11. The summed E-state index contributed by atoms with van der Waals surface area (Å²) in [5.41, 5.74) is 0.370. The van der Waals surface area contributed by atoms with E-state index in [1.54, 1.807) is 17.8 Å². The number of carbonyl (C=O) groups is 1. The molecule has 1 aromatic rings. The van der Waals surface area contributed by atoms with Crippen molar-refractivity contribution in [2.24, 2.45) is 0 Å². The Kier molecular flexibility index (Phi) is 3.63. The normalized spacial score (nSPS) is 19.7. The summed E-state index contributed by atoms with van der Waals surface area (Å²) < 4.78 is 32.5. The number of alkyl halides is 2. The van der Waals surface area contributed by atoms with Crippen molar-refractivity contribution in [2.75, 3.05) is 6.61 Å². The highest BCUT2D eigenvalue weighted by molar-refractivity contribution is 5.88. The van der Waals surface area contributed by atoms with E-state index >= 15 is 0 Å². The van der Waals surface area contributed by atoms with Crippen LogP contribution in [-0.4, -0.2) is 28.3 Å². The van der Waals surface area contributed by atoms with Gasteiger partial charge in [-0.2, -0.15) is 5.10 Å². The van der Waals surface area contributed by atoms with Crippen molar-refractivity contribution < 1.29 is 18.3 Å². The lowest BCUT2D eigenvalue weighted by Crippen LogP contribution is -2.26. The van der Waals surface area contributed by atoms with Crippen molar-refractivity contribution in [3.63, 3.8) is 0 Å². The van der Waals surface area contributed by atoms with Crippen LogP contribution in [0.5, 0.6) is 0 Å². The molecule has 0 spiro atoms. The Labute approximate surface area is 104 Å². The topological polar surface area (TPSA) is 44.1 Å². The van der Waals surface area contributed by atoms with Crippen LogP contribution in [0.4, 0.5) is 8.78 Å². The summed E-state index contributed by atoms with van der Waals surface area (Å²) in [6.45, 7) is 2.03. The molecule has 0 unspecified atom stereocenters. The minimum Gasteiger partial charge on any atom is -0.462 e. The molecule has 18 heavy (non-hydrogen) atoms. The number of aromatic nitrogens is 2. The van der Waals surface area contributed by atoms with Gasteiger partial charge in [-0.15, -0.1) is 0 Å². The highest BCUT2D eigenvalue weighted by Crippen LogP contribution is 2.38. The number of hydrogen-bond donors (Lipinski definition) is 0. The first-order valence-electron chi connectivity index (χ1n) is 6.11. The van der Waals surface area contributed by atoms with E-state index in [4.69, 9.17) is 4.74 Å². The van der Waals surface area contributed by atoms with Crippen LogP contribution in [0.1, 0.15) is 49.0 Å². The molecule has 0 radical (unpaired) electrons. The van der Waals surface area contributed by atoms with Crippen LogP contribution in [0.2, 0.25) is 0 Å². The number of halogens is 2. The van der Waals surface area contributed by atoms with E-state index in [0.717, 1.165) is 0 Å². The Morgan fingerprint density at radius 3 is 2.83 bits per heavy atom. The van der Waals surface area contributed by atoms with E-state index in [9.17, 15) is 13.6 Å². The predicted octanol–water partition coefficient (Wildman–Crippen LogP) is 2.81. The highest BCUT2D eigenvalue weighted by Gasteiger charge is 2.35. The van der Waals surface area contributed by atoms with Crippen LogP contribution in [0.15, 0.2) is 12.4 Å². The van der Waals surface area contributed by atoms with Gasteiger partial charge in [0.15, 0.2) is 0 Å². The van der Waals surface area contributed by atoms with E-state index in [-0.39, 0.29) is 18.9 Å². The van der Waals surface area contributed by atoms with Gasteiger partial charge in [0, 0.05) is 19.0 Å². The van der Waals surface area contributed by atoms with Crippen molar-refractivity contribution in [1.82, 2.24) is 9.78 Å². The molecule has 1 aliphatic rings. The van der Waals surface area contributed by atoms with Gasteiger partial charge in [-0.25, -0.2) is 13.6 Å². The fraction of sp³-hybridized carbons (Fsp3) is 0.667. The molecule has 0 aliphatic heterocycles. The molecular formula is C12H16F2N2O2. The first kappa shape index (κ1) is 13.0. The smallest absolute Gasteiger partial charge is 0.341 e. The van der Waals surface area contributed by atoms with E-state index in [2.05, 4.69) is 5.10 Å². The van der Waals surface area contributed by atoms with E-state index in [0.29, 0.717) is 25.0 Å². The van der Waals surface area contributed by atoms with Crippen molar-refractivity contribution in [1.29, 1.82) is 0 Å². The zero-order chi connectivity index (χ0) is 13.2. The second-order valence-electron chi connectivity index (χ2n) is 4.52. The van der Waals surface area contributed by atoms with Gasteiger partial charge in [-0.05, 0) is 19.8 Å². The maximum Gasteiger partial charge on any atom is 0.341 e. The largest absolute Gasteiger partial charge is 0.462 e. The molecule has 0 aromatic carbocycles. The van der Waals surface area contributed by atoms with Crippen molar-refractivity contribution in [2.45, 2.75) is 44.6 Å². The first-order chi connectivity index (χ1) is 8.52. The average molecular weight is 258 g/mol. The molecule has 4 nitrogen and oxygen atoms in total. The third-order valence-corrected chi connectivity index (χ3v) is 3.17. The van der Waals surface area contributed by atoms with Gasteiger partial charge < -0.3 is 4.74 Å². The monoisotopic (exact) mass is 258 g/mol. The van der Waals surface area contributed by atoms with Gasteiger partial charge in [0.1, 0.15) is 0 Å². The van der Waals surface area contributed by atoms with Gasteiger partial charge in [0.2, 0.25) is 5.92 Å². The highest BCUT2D eigenvalue weighted by atomic mass is 19.3. The molecule has 100 valence electrons. The third kappa shape index (κ3) is 2.86. The lowest BCUT2D eigenvalue weighted by atomic mass is 9.92. The molecule has 1 aromatic heterocycles. The zero-order valence-electron chi connectivity index (χ0n) is 10.2. The van der Waals surface area contributed by atoms with Crippen LogP contribution < -0.4 is 0 Å². The average Bonchev–Trinajstić information content (AvgIpc) is 2.79. The number of esters is 1. The second-order valence-corrected chi connectivity index (χ2v) is 4.52. The standard InChI is InChI=1S/C12H16F2N2O2/c1-2-18-11(17)9-7-15-16(8-9)10-3-5-12(13,14)6-4-10/h7-8,10H,2-6H2,1H3. The predicted molar refractivity (Wildman–Crippen MR) is 60.6 cm³/mol. The number of rotatable bonds is 3. The number of carbonyl (C=O) groups excluding carboxylic acids is 1. The number of nitrogens with zero attached hydrogens (tertiary/aromatic N) is 2. The summed E-state index contributed by atoms with van der Waals surface area (Å²) in [7, 11) is 0. The van der Waals surface area contributed by atoms with Crippen LogP contribution in [-0.2, 0) is 4.74 Å². The fourth-order valence-corrected chi connectivity index (χ4v) is 2.15. The molecule has 0 saturated heterocycles. The minimum atomic E-state index is -2.55. The van der Waals surface area contributed by atoms with Crippen LogP contribution in [0.3, 0.4) is 0 Å². The SMILES string of the molecule is CCOC(=O)c1cnn(C2CCC(F)(F)CC2)c1. The Balaban J connectivity index is 2.00. The van der Waals surface area contributed by atoms with Crippen molar-refractivity contribution in [3.8, 4) is 0 Å². The second kappa shape index (κ2) is 5.04. The van der Waals surface area contributed by atoms with Gasteiger partial charge >= 0.3 is 5.97 Å². The molecule has 0 atom stereocenters. The summed E-state index contributed by atoms with van der Waals surface area (Å²) in [6.07, 6.45) is 3.53. The summed E-state index contributed by atoms with van der Waals surface area (Å²) in [5, 5.41) is 4.06. The Bertz CT molecular complexity index is 421. The lowest BCUT2D eigenvalue weighted by Gasteiger charge is -2.28. The molecular weight excluding hydrogens is 242 g/mol. The van der Waals surface area contributed by atoms with E-state index < -0.39 is 11.9 Å². The lowest BCUT2D eigenvalue weighted by molar-refractivity contribution is -0.0450. The maximum atomic E-state index is 13.0. The van der Waals surface area contributed by atoms with Crippen LogP contribution >= 0.6 is 0 Å². The minimum absolute atomic E-state index is 0.0483. The zero-order valence-corrected chi connectivity index (χ0v) is 10.2. The van der Waals surface area contributed by atoms with Gasteiger partial charge in [0.05, 0.1) is 24.4 Å². The quantitative estimate of drug-likeness (QED) is 0.783. The summed E-state index contributed by atoms with van der Waals surface area (Å²) in [5.74, 6) is -2.97. The molecule has 0 amide bonds. The van der Waals surface area contributed by atoms with Gasteiger partial charge in [0.25, 0.3) is 0 Å². The maximum absolute atomic E-state index is 13.0. The van der Waals surface area contributed by atoms with E-state index in [1.165, 1.54) is 6.20 Å². The number of ether oxygens (including phenoxy) is 1. The summed E-state index contributed by atoms with van der Waals surface area (Å²) in [6, 6.07) is -0.0483. The molecule has 1 heterocycles. The molecule has 1 saturated carbocycles.